The maximum atomic E-state index is 12.9. The second-order valence-corrected chi connectivity index (χ2v) is 10.3. The Hall–Kier alpha value is -2.74. The number of ether oxygens (including phenoxy) is 4. The molecule has 4 atom stereocenters. The van der Waals surface area contributed by atoms with E-state index in [0.29, 0.717) is 26.1 Å². The number of benzene rings is 1. The molecule has 2 amide bonds. The van der Waals surface area contributed by atoms with Gasteiger partial charge in [-0.15, -0.1) is 11.8 Å². The number of hydrogen-bond acceptors (Lipinski definition) is 8. The van der Waals surface area contributed by atoms with Gasteiger partial charge in [-0.3, -0.25) is 4.79 Å². The Morgan fingerprint density at radius 1 is 1.28 bits per heavy atom. The number of carbonyl (C=O) groups excluding carboxylic acids is 2. The Morgan fingerprint density at radius 2 is 2.06 bits per heavy atom. The quantitative estimate of drug-likeness (QED) is 0.502. The Balaban J connectivity index is 1.57. The van der Waals surface area contributed by atoms with Crippen LogP contribution in [0.1, 0.15) is 36.8 Å². The molecule has 3 rings (SSSR count). The molecule has 10 heteroatoms. The van der Waals surface area contributed by atoms with Gasteiger partial charge in [0.25, 0.3) is 0 Å². The Labute approximate surface area is 217 Å². The number of hydrogen-bond donors (Lipinski definition) is 1. The normalized spacial score (nSPS) is 20.8. The van der Waals surface area contributed by atoms with Crippen LogP contribution in [0.3, 0.4) is 0 Å². The molecule has 0 radical (unpaired) electrons. The van der Waals surface area contributed by atoms with Crippen LogP contribution in [-0.4, -0.2) is 76.0 Å². The monoisotopic (exact) mass is 517 g/mol. The minimum atomic E-state index is -0.428. The van der Waals surface area contributed by atoms with Crippen molar-refractivity contribution >= 4 is 23.8 Å². The SMILES string of the molecule is COCC(COC(=O)N1CCC2=C(C1)SC(NC(=O)CC(C)c1cc(C)ccc1OC)C2C#N)OC. The molecule has 2 aliphatic rings. The number of aryl methyl sites for hydroxylation is 1. The van der Waals surface area contributed by atoms with Gasteiger partial charge in [0.2, 0.25) is 5.91 Å². The van der Waals surface area contributed by atoms with Crippen LogP contribution in [0.25, 0.3) is 0 Å². The first-order valence-corrected chi connectivity index (χ1v) is 12.8. The van der Waals surface area contributed by atoms with Crippen molar-refractivity contribution in [1.82, 2.24) is 10.2 Å². The lowest BCUT2D eigenvalue weighted by molar-refractivity contribution is -0.121. The highest BCUT2D eigenvalue weighted by atomic mass is 32.2. The molecule has 196 valence electrons. The number of nitrogens with zero attached hydrogens (tertiary/aromatic N) is 2. The van der Waals surface area contributed by atoms with Gasteiger partial charge in [0, 0.05) is 32.1 Å². The molecule has 0 spiro atoms. The van der Waals surface area contributed by atoms with Gasteiger partial charge in [-0.2, -0.15) is 5.26 Å². The molecule has 0 fully saturated rings. The van der Waals surface area contributed by atoms with E-state index in [4.69, 9.17) is 18.9 Å². The van der Waals surface area contributed by atoms with Gasteiger partial charge in [0.1, 0.15) is 18.5 Å². The molecule has 0 bridgehead atoms. The average Bonchev–Trinajstić information content (AvgIpc) is 3.21. The lowest BCUT2D eigenvalue weighted by Crippen LogP contribution is -2.39. The predicted octanol–water partition coefficient (Wildman–Crippen LogP) is 3.58. The van der Waals surface area contributed by atoms with Gasteiger partial charge in [-0.05, 0) is 36.5 Å². The van der Waals surface area contributed by atoms with E-state index in [9.17, 15) is 14.9 Å². The first kappa shape index (κ1) is 27.8. The summed E-state index contributed by atoms with van der Waals surface area (Å²) in [6.07, 6.45) is 0.0941. The van der Waals surface area contributed by atoms with Crippen molar-refractivity contribution < 1.29 is 28.5 Å². The fourth-order valence-corrected chi connectivity index (χ4v) is 5.95. The van der Waals surface area contributed by atoms with Crippen molar-refractivity contribution in [3.8, 4) is 11.8 Å². The number of thioether (sulfide) groups is 1. The summed E-state index contributed by atoms with van der Waals surface area (Å²) < 4.78 is 21.2. The van der Waals surface area contributed by atoms with E-state index >= 15 is 0 Å². The zero-order valence-electron chi connectivity index (χ0n) is 21.5. The van der Waals surface area contributed by atoms with Crippen LogP contribution in [0.2, 0.25) is 0 Å². The summed E-state index contributed by atoms with van der Waals surface area (Å²) >= 11 is 1.45. The first-order valence-electron chi connectivity index (χ1n) is 12.0. The third-order valence-corrected chi connectivity index (χ3v) is 7.80. The highest BCUT2D eigenvalue weighted by molar-refractivity contribution is 8.04. The zero-order valence-corrected chi connectivity index (χ0v) is 22.4. The molecule has 0 aliphatic carbocycles. The molecule has 0 saturated heterocycles. The Kier molecular flexibility index (Phi) is 10.0. The van der Waals surface area contributed by atoms with Crippen LogP contribution < -0.4 is 10.1 Å². The van der Waals surface area contributed by atoms with E-state index in [1.807, 2.05) is 32.0 Å². The number of carbonyl (C=O) groups is 2. The summed E-state index contributed by atoms with van der Waals surface area (Å²) in [5, 5.41) is 12.5. The maximum absolute atomic E-state index is 12.9. The molecule has 36 heavy (non-hydrogen) atoms. The number of nitriles is 1. The van der Waals surface area contributed by atoms with Gasteiger partial charge in [0.05, 0.1) is 37.6 Å². The van der Waals surface area contributed by atoms with E-state index in [-0.39, 0.29) is 36.3 Å². The number of methoxy groups -OCH3 is 3. The van der Waals surface area contributed by atoms with Gasteiger partial charge in [0.15, 0.2) is 0 Å². The molecule has 1 N–H and O–H groups in total. The molecule has 0 aromatic heterocycles. The molecular weight excluding hydrogens is 482 g/mol. The van der Waals surface area contributed by atoms with Crippen LogP contribution >= 0.6 is 11.8 Å². The lowest BCUT2D eigenvalue weighted by atomic mass is 9.93. The largest absolute Gasteiger partial charge is 0.496 e. The van der Waals surface area contributed by atoms with Crippen LogP contribution in [-0.2, 0) is 19.0 Å². The third-order valence-electron chi connectivity index (χ3n) is 6.48. The second-order valence-electron chi connectivity index (χ2n) is 9.07. The van der Waals surface area contributed by atoms with E-state index in [0.717, 1.165) is 27.4 Å². The predicted molar refractivity (Wildman–Crippen MR) is 137 cm³/mol. The van der Waals surface area contributed by atoms with Gasteiger partial charge < -0.3 is 29.2 Å². The topological polar surface area (TPSA) is 110 Å². The number of rotatable bonds is 10. The number of amides is 2. The van der Waals surface area contributed by atoms with Gasteiger partial charge in [-0.1, -0.05) is 24.6 Å². The van der Waals surface area contributed by atoms with Crippen LogP contribution in [0, 0.1) is 24.2 Å². The summed E-state index contributed by atoms with van der Waals surface area (Å²) in [4.78, 5) is 28.1. The van der Waals surface area contributed by atoms with Gasteiger partial charge >= 0.3 is 6.09 Å². The standard InChI is InChI=1S/C26H35N3O6S/c1-16-6-7-22(34-5)20(10-16)17(2)11-24(30)28-25-21(12-27)19-8-9-29(13-23(19)36-25)26(31)35-15-18(33-4)14-32-3/h6-7,10,17-18,21,25H,8-9,11,13-15H2,1-5H3,(H,28,30). The molecule has 9 nitrogen and oxygen atoms in total. The summed E-state index contributed by atoms with van der Waals surface area (Å²) in [6.45, 7) is 5.25. The molecule has 4 unspecified atom stereocenters. The minimum absolute atomic E-state index is 0.0475. The van der Waals surface area contributed by atoms with E-state index in [2.05, 4.69) is 11.4 Å². The van der Waals surface area contributed by atoms with E-state index < -0.39 is 12.0 Å². The van der Waals surface area contributed by atoms with Crippen LogP contribution in [0.5, 0.6) is 5.75 Å². The van der Waals surface area contributed by atoms with Crippen molar-refractivity contribution in [3.05, 3.63) is 39.8 Å². The second kappa shape index (κ2) is 13.0. The van der Waals surface area contributed by atoms with Crippen molar-refractivity contribution in [2.75, 3.05) is 47.6 Å². The fourth-order valence-electron chi connectivity index (χ4n) is 4.48. The van der Waals surface area contributed by atoms with Crippen molar-refractivity contribution in [2.24, 2.45) is 5.92 Å². The summed E-state index contributed by atoms with van der Waals surface area (Å²) in [5.74, 6) is 0.169. The third kappa shape index (κ3) is 6.72. The summed E-state index contributed by atoms with van der Waals surface area (Å²) in [6, 6.07) is 8.29. The lowest BCUT2D eigenvalue weighted by Gasteiger charge is -2.28. The van der Waals surface area contributed by atoms with Crippen LogP contribution in [0.15, 0.2) is 28.7 Å². The summed E-state index contributed by atoms with van der Waals surface area (Å²) in [7, 11) is 4.72. The molecular formula is C26H35N3O6S. The highest BCUT2D eigenvalue weighted by Crippen LogP contribution is 2.44. The van der Waals surface area contributed by atoms with Crippen molar-refractivity contribution in [2.45, 2.75) is 44.1 Å². The van der Waals surface area contributed by atoms with Crippen molar-refractivity contribution in [1.29, 1.82) is 5.26 Å². The minimum Gasteiger partial charge on any atom is -0.496 e. The number of nitrogens with one attached hydrogen (secondary N) is 1. The van der Waals surface area contributed by atoms with E-state index in [1.165, 1.54) is 11.8 Å². The zero-order chi connectivity index (χ0) is 26.2. The average molecular weight is 518 g/mol. The van der Waals surface area contributed by atoms with Crippen molar-refractivity contribution in [3.63, 3.8) is 0 Å². The molecule has 2 heterocycles. The smallest absolute Gasteiger partial charge is 0.410 e. The Bertz CT molecular complexity index is 1020. The Morgan fingerprint density at radius 3 is 2.72 bits per heavy atom. The summed E-state index contributed by atoms with van der Waals surface area (Å²) in [5.41, 5.74) is 3.08. The van der Waals surface area contributed by atoms with E-state index in [1.54, 1.807) is 26.2 Å². The molecule has 0 saturated carbocycles. The molecule has 2 aliphatic heterocycles. The maximum Gasteiger partial charge on any atom is 0.410 e. The fraction of sp³-hybridized carbons (Fsp3) is 0.577. The van der Waals surface area contributed by atoms with Crippen LogP contribution in [0.4, 0.5) is 4.79 Å². The highest BCUT2D eigenvalue weighted by Gasteiger charge is 2.40. The van der Waals surface area contributed by atoms with Gasteiger partial charge in [-0.25, -0.2) is 4.79 Å². The first-order chi connectivity index (χ1) is 17.3. The molecule has 1 aromatic rings. The molecule has 1 aromatic carbocycles.